The molecule has 0 spiro atoms. The molecule has 1 heterocycles. The Kier molecular flexibility index (Phi) is 7.02. The van der Waals surface area contributed by atoms with Gasteiger partial charge in [-0.1, -0.05) is 37.2 Å². The van der Waals surface area contributed by atoms with E-state index in [-0.39, 0.29) is 11.7 Å². The van der Waals surface area contributed by atoms with Crippen LogP contribution in [0.1, 0.15) is 25.3 Å². The van der Waals surface area contributed by atoms with Crippen LogP contribution in [0.15, 0.2) is 53.7 Å². The molecule has 0 bridgehead atoms. The molecule has 0 fully saturated rings. The highest BCUT2D eigenvalue weighted by molar-refractivity contribution is 7.99. The second-order valence-electron chi connectivity index (χ2n) is 6.21. The van der Waals surface area contributed by atoms with E-state index in [0.717, 1.165) is 23.5 Å². The average molecular weight is 398 g/mol. The molecule has 1 N–H and O–H groups in total. The molecule has 0 aliphatic heterocycles. The first kappa shape index (κ1) is 19.9. The number of nitrogens with one attached hydrogen (secondary N) is 1. The molecule has 0 saturated heterocycles. The molecule has 0 radical (unpaired) electrons. The van der Waals surface area contributed by atoms with Crippen molar-refractivity contribution in [1.29, 1.82) is 0 Å². The molecule has 146 valence electrons. The normalized spacial score (nSPS) is 10.6. The number of unbranched alkanes of at least 4 members (excludes halogenated alkanes) is 1. The minimum Gasteiger partial charge on any atom is -0.497 e. The van der Waals surface area contributed by atoms with Crippen LogP contribution >= 0.6 is 11.8 Å². The van der Waals surface area contributed by atoms with E-state index in [1.54, 1.807) is 11.8 Å². The molecule has 0 saturated carbocycles. The third-order valence-electron chi connectivity index (χ3n) is 4.15. The predicted molar refractivity (Wildman–Crippen MR) is 110 cm³/mol. The molecule has 3 aromatic rings. The van der Waals surface area contributed by atoms with Gasteiger partial charge in [0.15, 0.2) is 0 Å². The van der Waals surface area contributed by atoms with E-state index < -0.39 is 0 Å². The zero-order valence-corrected chi connectivity index (χ0v) is 16.8. The summed E-state index contributed by atoms with van der Waals surface area (Å²) in [6, 6.07) is 15.4. The van der Waals surface area contributed by atoms with E-state index in [0.29, 0.717) is 5.16 Å². The second kappa shape index (κ2) is 9.89. The minimum absolute atomic E-state index is 0.101. The summed E-state index contributed by atoms with van der Waals surface area (Å²) in [5.74, 6) is 0.871. The zero-order chi connectivity index (χ0) is 19.8. The first-order valence-corrected chi connectivity index (χ1v) is 10.1. The van der Waals surface area contributed by atoms with Crippen LogP contribution in [0.4, 0.5) is 5.69 Å². The number of rotatable bonds is 9. The van der Waals surface area contributed by atoms with E-state index in [2.05, 4.69) is 39.9 Å². The summed E-state index contributed by atoms with van der Waals surface area (Å²) in [7, 11) is 1.62. The van der Waals surface area contributed by atoms with Gasteiger partial charge in [0.2, 0.25) is 11.1 Å². The number of nitrogens with zero attached hydrogens (tertiary/aromatic N) is 4. The molecule has 28 heavy (non-hydrogen) atoms. The number of amides is 1. The second-order valence-corrected chi connectivity index (χ2v) is 7.15. The largest absolute Gasteiger partial charge is 0.497 e. The fraction of sp³-hybridized carbons (Fsp3) is 0.300. The Morgan fingerprint density at radius 1 is 1.14 bits per heavy atom. The first-order valence-electron chi connectivity index (χ1n) is 9.14. The smallest absolute Gasteiger partial charge is 0.234 e. The van der Waals surface area contributed by atoms with Gasteiger partial charge in [-0.2, -0.15) is 4.68 Å². The number of carbonyl (C=O) groups excluding carboxylic acids is 1. The van der Waals surface area contributed by atoms with Gasteiger partial charge in [0.05, 0.1) is 18.6 Å². The molecule has 0 atom stereocenters. The van der Waals surface area contributed by atoms with Crippen LogP contribution < -0.4 is 10.1 Å². The van der Waals surface area contributed by atoms with Crippen LogP contribution in [0, 0.1) is 0 Å². The van der Waals surface area contributed by atoms with Gasteiger partial charge in [0, 0.05) is 5.69 Å². The zero-order valence-electron chi connectivity index (χ0n) is 16.0. The summed E-state index contributed by atoms with van der Waals surface area (Å²) in [5, 5.41) is 15.2. The van der Waals surface area contributed by atoms with Crippen LogP contribution in [0.25, 0.3) is 5.69 Å². The van der Waals surface area contributed by atoms with Gasteiger partial charge in [0.1, 0.15) is 5.75 Å². The van der Waals surface area contributed by atoms with E-state index in [1.807, 2.05) is 36.4 Å². The Labute approximate surface area is 168 Å². The van der Waals surface area contributed by atoms with E-state index in [9.17, 15) is 4.79 Å². The minimum atomic E-state index is -0.101. The lowest BCUT2D eigenvalue weighted by molar-refractivity contribution is -0.113. The summed E-state index contributed by atoms with van der Waals surface area (Å²) < 4.78 is 6.76. The highest BCUT2D eigenvalue weighted by Crippen LogP contribution is 2.20. The van der Waals surface area contributed by atoms with Crippen LogP contribution in [-0.4, -0.2) is 39.0 Å². The standard InChI is InChI=1S/C20H23N5O2S/c1-3-4-5-15-6-8-16(9-7-15)21-19(26)14-28-20-22-23-24-25(20)17-10-12-18(27-2)13-11-17/h6-13H,3-5,14H2,1-2H3,(H,21,26). The molecule has 2 aromatic carbocycles. The summed E-state index contributed by atoms with van der Waals surface area (Å²) in [4.78, 5) is 12.3. The summed E-state index contributed by atoms with van der Waals surface area (Å²) in [5.41, 5.74) is 2.88. The summed E-state index contributed by atoms with van der Waals surface area (Å²) >= 11 is 1.28. The highest BCUT2D eigenvalue weighted by Gasteiger charge is 2.12. The van der Waals surface area contributed by atoms with Crippen LogP contribution in [0.5, 0.6) is 5.75 Å². The topological polar surface area (TPSA) is 81.9 Å². The van der Waals surface area contributed by atoms with Crippen molar-refractivity contribution in [3.8, 4) is 11.4 Å². The van der Waals surface area contributed by atoms with E-state index in [1.165, 1.54) is 30.2 Å². The molecule has 0 aliphatic carbocycles. The molecule has 3 rings (SSSR count). The van der Waals surface area contributed by atoms with Crippen molar-refractivity contribution in [1.82, 2.24) is 20.2 Å². The Bertz CT molecular complexity index is 894. The monoisotopic (exact) mass is 397 g/mol. The van der Waals surface area contributed by atoms with Gasteiger partial charge < -0.3 is 10.1 Å². The summed E-state index contributed by atoms with van der Waals surface area (Å²) in [6.45, 7) is 2.18. The van der Waals surface area contributed by atoms with Crippen molar-refractivity contribution in [2.45, 2.75) is 31.3 Å². The number of ether oxygens (including phenoxy) is 1. The fourth-order valence-electron chi connectivity index (χ4n) is 2.62. The number of anilines is 1. The number of methoxy groups -OCH3 is 1. The lowest BCUT2D eigenvalue weighted by atomic mass is 10.1. The van der Waals surface area contributed by atoms with Crippen molar-refractivity contribution in [3.05, 3.63) is 54.1 Å². The molecule has 1 amide bonds. The number of tetrazole rings is 1. The number of hydrogen-bond donors (Lipinski definition) is 1. The van der Waals surface area contributed by atoms with Crippen molar-refractivity contribution in [3.63, 3.8) is 0 Å². The van der Waals surface area contributed by atoms with Crippen molar-refractivity contribution in [2.24, 2.45) is 0 Å². The van der Waals surface area contributed by atoms with Gasteiger partial charge in [-0.3, -0.25) is 4.79 Å². The number of carbonyl (C=O) groups is 1. The van der Waals surface area contributed by atoms with E-state index >= 15 is 0 Å². The number of thioether (sulfide) groups is 1. The van der Waals surface area contributed by atoms with Gasteiger partial charge in [0.25, 0.3) is 0 Å². The van der Waals surface area contributed by atoms with E-state index in [4.69, 9.17) is 4.74 Å². The maximum absolute atomic E-state index is 12.3. The fourth-order valence-corrected chi connectivity index (χ4v) is 3.31. The molecular formula is C20H23N5O2S. The Hall–Kier alpha value is -2.87. The molecule has 0 aliphatic rings. The lowest BCUT2D eigenvalue weighted by Gasteiger charge is -2.07. The van der Waals surface area contributed by atoms with Crippen molar-refractivity contribution >= 4 is 23.4 Å². The molecule has 7 nitrogen and oxygen atoms in total. The maximum Gasteiger partial charge on any atom is 0.234 e. The maximum atomic E-state index is 12.3. The third kappa shape index (κ3) is 5.32. The third-order valence-corrected chi connectivity index (χ3v) is 5.07. The number of aromatic nitrogens is 4. The number of aryl methyl sites for hydroxylation is 1. The lowest BCUT2D eigenvalue weighted by Crippen LogP contribution is -2.14. The van der Waals surface area contributed by atoms with Gasteiger partial charge in [-0.05, 0) is 65.2 Å². The Morgan fingerprint density at radius 2 is 1.89 bits per heavy atom. The van der Waals surface area contributed by atoms with Crippen molar-refractivity contribution in [2.75, 3.05) is 18.2 Å². The van der Waals surface area contributed by atoms with Crippen LogP contribution in [0.2, 0.25) is 0 Å². The van der Waals surface area contributed by atoms with Gasteiger partial charge in [-0.25, -0.2) is 0 Å². The number of hydrogen-bond acceptors (Lipinski definition) is 6. The highest BCUT2D eigenvalue weighted by atomic mass is 32.2. The average Bonchev–Trinajstić information content (AvgIpc) is 3.20. The van der Waals surface area contributed by atoms with Crippen LogP contribution in [0.3, 0.4) is 0 Å². The molecule has 0 unspecified atom stereocenters. The van der Waals surface area contributed by atoms with Gasteiger partial charge >= 0.3 is 0 Å². The van der Waals surface area contributed by atoms with Crippen LogP contribution in [-0.2, 0) is 11.2 Å². The number of benzene rings is 2. The Balaban J connectivity index is 1.55. The van der Waals surface area contributed by atoms with Gasteiger partial charge in [-0.15, -0.1) is 5.10 Å². The van der Waals surface area contributed by atoms with Crippen molar-refractivity contribution < 1.29 is 9.53 Å². The molecule has 8 heteroatoms. The molecule has 1 aromatic heterocycles. The summed E-state index contributed by atoms with van der Waals surface area (Å²) in [6.07, 6.45) is 3.41. The quantitative estimate of drug-likeness (QED) is 0.554. The molecular weight excluding hydrogens is 374 g/mol. The SMILES string of the molecule is CCCCc1ccc(NC(=O)CSc2nnnn2-c2ccc(OC)cc2)cc1. The predicted octanol–water partition coefficient (Wildman–Crippen LogP) is 3.74. The first-order chi connectivity index (χ1) is 13.7. The Morgan fingerprint density at radius 3 is 2.57 bits per heavy atom.